The maximum absolute atomic E-state index is 14.0. The van der Waals surface area contributed by atoms with Gasteiger partial charge in [0.15, 0.2) is 0 Å². The molecule has 6 heterocycles. The van der Waals surface area contributed by atoms with E-state index in [1.165, 1.54) is 33.3 Å². The number of fused-ring (bicyclic) bond motifs is 5. The number of nitrogens with zero attached hydrogens (tertiary/aromatic N) is 3. The number of nitrogens with one attached hydrogen (secondary N) is 2. The van der Waals surface area contributed by atoms with E-state index < -0.39 is 5.97 Å². The summed E-state index contributed by atoms with van der Waals surface area (Å²) < 4.78 is 17.5. The largest absolute Gasteiger partial charge is 0.497 e. The van der Waals surface area contributed by atoms with Crippen molar-refractivity contribution >= 4 is 51.5 Å². The molecule has 0 spiro atoms. The van der Waals surface area contributed by atoms with Crippen LogP contribution in [0.25, 0.3) is 16.5 Å². The van der Waals surface area contributed by atoms with Crippen LogP contribution in [0.5, 0.6) is 17.2 Å². The minimum Gasteiger partial charge on any atom is -0.497 e. The lowest BCUT2D eigenvalue weighted by molar-refractivity contribution is -0.120. The molecule has 11 nitrogen and oxygen atoms in total. The van der Waals surface area contributed by atoms with E-state index in [0.717, 1.165) is 139 Å². The number of hydrogen-bond donors (Lipinski definition) is 3. The Morgan fingerprint density at radius 1 is 0.809 bits per heavy atom. The minimum absolute atomic E-state index is 0.0745. The van der Waals surface area contributed by atoms with E-state index in [-0.39, 0.29) is 23.8 Å². The molecule has 0 aliphatic carbocycles. The predicted octanol–water partition coefficient (Wildman–Crippen LogP) is 7.66. The van der Waals surface area contributed by atoms with Gasteiger partial charge in [0, 0.05) is 106 Å². The van der Waals surface area contributed by atoms with Crippen LogP contribution in [0.2, 0.25) is 5.02 Å². The highest BCUT2D eigenvalue weighted by Crippen LogP contribution is 2.49. The fourth-order valence-electron chi connectivity index (χ4n) is 11.7. The molecule has 68 heavy (non-hydrogen) atoms. The summed E-state index contributed by atoms with van der Waals surface area (Å²) in [5.41, 5.74) is 13.3. The molecule has 0 saturated heterocycles. The highest BCUT2D eigenvalue weighted by Gasteiger charge is 2.37. The lowest BCUT2D eigenvalue weighted by atomic mass is 9.81. The Kier molecular flexibility index (Phi) is 11.7. The average molecular weight is 932 g/mol. The Balaban J connectivity index is 0.830. The van der Waals surface area contributed by atoms with E-state index in [4.69, 9.17) is 21.1 Å². The molecule has 11 rings (SSSR count). The van der Waals surface area contributed by atoms with Gasteiger partial charge in [-0.25, -0.2) is 9.37 Å². The van der Waals surface area contributed by atoms with Gasteiger partial charge in [0.2, 0.25) is 11.3 Å². The van der Waals surface area contributed by atoms with Crippen molar-refractivity contribution < 1.29 is 29.0 Å². The number of aromatic nitrogens is 1. The van der Waals surface area contributed by atoms with Gasteiger partial charge >= 0.3 is 5.97 Å². The number of halogens is 1. The average Bonchev–Trinajstić information content (AvgIpc) is 3.60. The van der Waals surface area contributed by atoms with Crippen LogP contribution in [0.15, 0.2) is 72.8 Å². The topological polar surface area (TPSA) is 125 Å². The number of carbonyl (C=O) groups is 3. The van der Waals surface area contributed by atoms with Crippen LogP contribution in [0, 0.1) is 6.92 Å². The molecule has 348 valence electrons. The van der Waals surface area contributed by atoms with Crippen LogP contribution in [-0.4, -0.2) is 73.8 Å². The Labute approximate surface area is 401 Å². The van der Waals surface area contributed by atoms with Crippen molar-refractivity contribution in [3.05, 3.63) is 150 Å². The van der Waals surface area contributed by atoms with Gasteiger partial charge in [0.1, 0.15) is 30.3 Å². The summed E-state index contributed by atoms with van der Waals surface area (Å²) in [6, 6.07) is 23.3. The van der Waals surface area contributed by atoms with Crippen molar-refractivity contribution in [1.29, 1.82) is 0 Å². The summed E-state index contributed by atoms with van der Waals surface area (Å²) in [5, 5.41) is 20.9. The van der Waals surface area contributed by atoms with Gasteiger partial charge in [-0.3, -0.25) is 9.59 Å². The van der Waals surface area contributed by atoms with E-state index in [0.29, 0.717) is 48.6 Å². The van der Waals surface area contributed by atoms with Crippen LogP contribution in [0.3, 0.4) is 0 Å². The van der Waals surface area contributed by atoms with Crippen LogP contribution in [0.4, 0.5) is 5.69 Å². The summed E-state index contributed by atoms with van der Waals surface area (Å²) in [6.45, 7) is 7.68. The normalized spacial score (nSPS) is 15.5. The van der Waals surface area contributed by atoms with Gasteiger partial charge < -0.3 is 34.7 Å². The number of anilines is 1. The number of benzene rings is 5. The standard InChI is InChI=1S/C56H56ClN5O6/c1-33-43(44-30-39(67-2)18-20-48(44)62(33)32-34-13-16-38(57)17-14-34)31-49(63)58-21-3-4-22-59-55(64)37-15-19-40(56(65)66)45(29-37)50-46-27-35-9-5-23-60-25-7-11-41(51(35)60)53(46)68-54-42-12-8-26-61-24-6-10-36(52(42)61)28-47(50)54/h13-20,27-30H,3-12,21-26,31-32H2,1-2H3,(H2-,58,59,63,64,65,66)/p+1. The highest BCUT2D eigenvalue weighted by molar-refractivity contribution is 6.30. The number of amides is 2. The molecule has 6 aromatic rings. The molecule has 0 unspecified atom stereocenters. The monoisotopic (exact) mass is 930 g/mol. The number of ether oxygens (including phenoxy) is 2. The van der Waals surface area contributed by atoms with Gasteiger partial charge in [-0.1, -0.05) is 23.7 Å². The molecule has 0 radical (unpaired) electrons. The zero-order valence-electron chi connectivity index (χ0n) is 38.9. The number of hydrogen-bond acceptors (Lipinski definition) is 6. The van der Waals surface area contributed by atoms with Crippen LogP contribution in [-0.2, 0) is 43.4 Å². The second-order valence-electron chi connectivity index (χ2n) is 19.1. The molecule has 0 atom stereocenters. The number of aryl methyl sites for hydroxylation is 2. The molecule has 0 fully saturated rings. The van der Waals surface area contributed by atoms with E-state index in [1.807, 2.05) is 42.5 Å². The van der Waals surface area contributed by atoms with Gasteiger partial charge in [-0.2, -0.15) is 0 Å². The fraction of sp³-hybridized carbons (Fsp3) is 0.357. The molecule has 0 bridgehead atoms. The van der Waals surface area contributed by atoms with Crippen molar-refractivity contribution in [1.82, 2.24) is 19.8 Å². The number of aromatic carboxylic acids is 1. The van der Waals surface area contributed by atoms with E-state index in [1.54, 1.807) is 25.3 Å². The lowest BCUT2D eigenvalue weighted by Crippen LogP contribution is -2.45. The number of methoxy groups -OCH3 is 1. The number of unbranched alkanes of at least 4 members (excludes halogenated alkanes) is 1. The third-order valence-corrected chi connectivity index (χ3v) is 15.2. The van der Waals surface area contributed by atoms with Crippen molar-refractivity contribution in [3.63, 3.8) is 0 Å². The Morgan fingerprint density at radius 2 is 1.56 bits per heavy atom. The summed E-state index contributed by atoms with van der Waals surface area (Å²) in [6.07, 6.45) is 9.48. The molecule has 5 aliphatic heterocycles. The maximum atomic E-state index is 14.0. The van der Waals surface area contributed by atoms with E-state index >= 15 is 0 Å². The zero-order valence-corrected chi connectivity index (χ0v) is 39.6. The molecule has 2 amide bonds. The second kappa shape index (κ2) is 18.1. The maximum Gasteiger partial charge on any atom is 0.336 e. The predicted molar refractivity (Wildman–Crippen MR) is 266 cm³/mol. The molecule has 5 aliphatic rings. The van der Waals surface area contributed by atoms with Crippen LogP contribution < -0.4 is 40.2 Å². The smallest absolute Gasteiger partial charge is 0.336 e. The first-order valence-corrected chi connectivity index (χ1v) is 24.8. The summed E-state index contributed by atoms with van der Waals surface area (Å²) in [4.78, 5) is 43.1. The van der Waals surface area contributed by atoms with Crippen LogP contribution >= 0.6 is 11.6 Å². The lowest BCUT2D eigenvalue weighted by Gasteiger charge is -2.39. The van der Waals surface area contributed by atoms with E-state index in [9.17, 15) is 19.5 Å². The molecule has 3 N–H and O–H groups in total. The van der Waals surface area contributed by atoms with Gasteiger partial charge in [0.05, 0.1) is 24.7 Å². The molecule has 5 aromatic carbocycles. The van der Waals surface area contributed by atoms with Crippen molar-refractivity contribution in [2.45, 2.75) is 84.1 Å². The summed E-state index contributed by atoms with van der Waals surface area (Å²) in [5.74, 6) is 1.04. The Morgan fingerprint density at radius 3 is 2.35 bits per heavy atom. The van der Waals surface area contributed by atoms with E-state index in [2.05, 4.69) is 43.7 Å². The van der Waals surface area contributed by atoms with Crippen molar-refractivity contribution in [2.24, 2.45) is 0 Å². The minimum atomic E-state index is -1.04. The Hall–Kier alpha value is -6.59. The SMILES string of the molecule is COc1ccc2c(c1)c(CC(=O)NCCCCNC(=O)c1ccc(C(=O)O)c(C3=c4cc5c6c(c4Oc4c3cc3c7c4CCCN7CCC3)CCC[N+]=6CCC5)c1)c(C)n2Cc1ccc(Cl)cc1. The first-order chi connectivity index (χ1) is 33.1. The number of rotatable bonds is 13. The summed E-state index contributed by atoms with van der Waals surface area (Å²) >= 11 is 6.16. The van der Waals surface area contributed by atoms with Gasteiger partial charge in [0.25, 0.3) is 5.91 Å². The summed E-state index contributed by atoms with van der Waals surface area (Å²) in [7, 11) is 1.64. The third-order valence-electron chi connectivity index (χ3n) is 14.9. The zero-order chi connectivity index (χ0) is 46.6. The molecule has 12 heteroatoms. The molecule has 0 saturated carbocycles. The Bertz CT molecular complexity index is 3200. The number of carboxylic acid groups (broad SMARTS) is 1. The quantitative estimate of drug-likeness (QED) is 0.0802. The van der Waals surface area contributed by atoms with Gasteiger partial charge in [-0.15, -0.1) is 0 Å². The highest BCUT2D eigenvalue weighted by atomic mass is 35.5. The van der Waals surface area contributed by atoms with Crippen molar-refractivity contribution in [2.75, 3.05) is 51.3 Å². The molecular formula is C56H57ClN5O6+. The fourth-order valence-corrected chi connectivity index (χ4v) is 11.9. The number of carboxylic acids is 1. The van der Waals surface area contributed by atoms with Gasteiger partial charge in [-0.05, 0) is 141 Å². The van der Waals surface area contributed by atoms with Crippen molar-refractivity contribution in [3.8, 4) is 17.2 Å². The number of carbonyl (C=O) groups excluding carboxylic acids is 2. The first kappa shape index (κ1) is 43.9. The molecule has 1 aromatic heterocycles. The first-order valence-electron chi connectivity index (χ1n) is 24.4. The second-order valence-corrected chi connectivity index (χ2v) is 19.5. The molecular weight excluding hydrogens is 874 g/mol. The third kappa shape index (κ3) is 7.88. The van der Waals surface area contributed by atoms with Crippen LogP contribution in [0.1, 0.15) is 109 Å².